The summed E-state index contributed by atoms with van der Waals surface area (Å²) in [7, 11) is 0. The van der Waals surface area contributed by atoms with E-state index >= 15 is 0 Å². The lowest BCUT2D eigenvalue weighted by Crippen LogP contribution is -1.84. The fourth-order valence-corrected chi connectivity index (χ4v) is 1.49. The van der Waals surface area contributed by atoms with Crippen molar-refractivity contribution in [2.75, 3.05) is 12.0 Å². The number of hydrogen-bond donors (Lipinski definition) is 0. The van der Waals surface area contributed by atoms with E-state index in [2.05, 4.69) is 37.1 Å². The maximum absolute atomic E-state index is 4.05. The number of hydrogen-bond acceptors (Lipinski definition) is 1. The van der Waals surface area contributed by atoms with Crippen LogP contribution in [0.3, 0.4) is 0 Å². The van der Waals surface area contributed by atoms with Crippen LogP contribution in [0, 0.1) is 0 Å². The van der Waals surface area contributed by atoms with Gasteiger partial charge in [0, 0.05) is 0 Å². The fraction of sp³-hybridized carbons (Fsp3) is 0.273. The first-order valence-corrected chi connectivity index (χ1v) is 5.46. The number of allylic oxidation sites excluding steroid dienone is 1. The lowest BCUT2D eigenvalue weighted by atomic mass is 10.1. The zero-order valence-electron chi connectivity index (χ0n) is 7.42. The van der Waals surface area contributed by atoms with Crippen LogP contribution in [-0.4, -0.2) is 12.0 Å². The largest absolute Gasteiger partial charge is 0.165 e. The highest BCUT2D eigenvalue weighted by Gasteiger charge is 1.95. The van der Waals surface area contributed by atoms with E-state index in [0.717, 1.165) is 12.2 Å². The third kappa shape index (κ3) is 2.74. The third-order valence-electron chi connectivity index (χ3n) is 1.79. The van der Waals surface area contributed by atoms with Crippen molar-refractivity contribution in [2.24, 2.45) is 0 Å². The van der Waals surface area contributed by atoms with Crippen LogP contribution in [0.4, 0.5) is 0 Å². The SMILES string of the molecule is C=C(CCSC)c1ccccc1. The molecule has 1 aromatic carbocycles. The molecule has 0 aliphatic heterocycles. The molecule has 0 aliphatic carbocycles. The Morgan fingerprint density at radius 3 is 2.58 bits per heavy atom. The predicted molar refractivity (Wildman–Crippen MR) is 58.5 cm³/mol. The molecule has 0 spiro atoms. The van der Waals surface area contributed by atoms with Crippen LogP contribution in [0.1, 0.15) is 12.0 Å². The van der Waals surface area contributed by atoms with Gasteiger partial charge < -0.3 is 0 Å². The van der Waals surface area contributed by atoms with Gasteiger partial charge in [0.2, 0.25) is 0 Å². The lowest BCUT2D eigenvalue weighted by Gasteiger charge is -2.03. The highest BCUT2D eigenvalue weighted by atomic mass is 32.2. The van der Waals surface area contributed by atoms with E-state index in [0.29, 0.717) is 0 Å². The van der Waals surface area contributed by atoms with E-state index in [-0.39, 0.29) is 0 Å². The van der Waals surface area contributed by atoms with Crippen molar-refractivity contribution in [3.8, 4) is 0 Å². The molecule has 0 fully saturated rings. The molecule has 0 amide bonds. The van der Waals surface area contributed by atoms with E-state index in [1.165, 1.54) is 11.1 Å². The second-order valence-electron chi connectivity index (χ2n) is 2.71. The van der Waals surface area contributed by atoms with Gasteiger partial charge in [0.15, 0.2) is 0 Å². The summed E-state index contributed by atoms with van der Waals surface area (Å²) in [5.41, 5.74) is 2.51. The normalized spacial score (nSPS) is 9.75. The second-order valence-corrected chi connectivity index (χ2v) is 3.70. The Kier molecular flexibility index (Phi) is 3.95. The monoisotopic (exact) mass is 178 g/mol. The summed E-state index contributed by atoms with van der Waals surface area (Å²) >= 11 is 1.86. The Balaban J connectivity index is 2.54. The van der Waals surface area contributed by atoms with Gasteiger partial charge in [-0.2, -0.15) is 11.8 Å². The fourth-order valence-electron chi connectivity index (χ4n) is 1.04. The predicted octanol–water partition coefficient (Wildman–Crippen LogP) is 3.45. The molecule has 0 heterocycles. The van der Waals surface area contributed by atoms with Gasteiger partial charge in [0.1, 0.15) is 0 Å². The molecule has 0 saturated carbocycles. The molecular weight excluding hydrogens is 164 g/mol. The van der Waals surface area contributed by atoms with Gasteiger partial charge in [-0.1, -0.05) is 36.9 Å². The van der Waals surface area contributed by atoms with Crippen molar-refractivity contribution in [1.82, 2.24) is 0 Å². The summed E-state index contributed by atoms with van der Waals surface area (Å²) < 4.78 is 0. The standard InChI is InChI=1S/C11H14S/c1-10(8-9-12-2)11-6-4-3-5-7-11/h3-7H,1,8-9H2,2H3. The highest BCUT2D eigenvalue weighted by Crippen LogP contribution is 2.16. The van der Waals surface area contributed by atoms with Gasteiger partial charge in [-0.3, -0.25) is 0 Å². The van der Waals surface area contributed by atoms with E-state index in [1.807, 2.05) is 17.8 Å². The van der Waals surface area contributed by atoms with Crippen LogP contribution in [-0.2, 0) is 0 Å². The molecule has 64 valence electrons. The Hall–Kier alpha value is -0.690. The van der Waals surface area contributed by atoms with Gasteiger partial charge in [-0.05, 0) is 29.6 Å². The van der Waals surface area contributed by atoms with Crippen molar-refractivity contribution >= 4 is 17.3 Å². The molecule has 0 radical (unpaired) electrons. The molecule has 0 nitrogen and oxygen atoms in total. The zero-order valence-corrected chi connectivity index (χ0v) is 8.23. The van der Waals surface area contributed by atoms with Gasteiger partial charge in [0.25, 0.3) is 0 Å². The average Bonchev–Trinajstić information content (AvgIpc) is 2.15. The zero-order chi connectivity index (χ0) is 8.81. The average molecular weight is 178 g/mol. The number of benzene rings is 1. The Morgan fingerprint density at radius 1 is 1.33 bits per heavy atom. The molecule has 0 saturated heterocycles. The smallest absolute Gasteiger partial charge is 0.00298 e. The third-order valence-corrected chi connectivity index (χ3v) is 2.40. The molecule has 1 heteroatoms. The first-order valence-electron chi connectivity index (χ1n) is 4.06. The molecule has 0 aliphatic rings. The molecule has 1 rings (SSSR count). The Morgan fingerprint density at radius 2 is 2.00 bits per heavy atom. The van der Waals surface area contributed by atoms with Crippen molar-refractivity contribution in [1.29, 1.82) is 0 Å². The molecule has 0 aromatic heterocycles. The van der Waals surface area contributed by atoms with E-state index < -0.39 is 0 Å². The summed E-state index contributed by atoms with van der Waals surface area (Å²) in [6.45, 7) is 4.05. The van der Waals surface area contributed by atoms with Crippen LogP contribution in [0.2, 0.25) is 0 Å². The van der Waals surface area contributed by atoms with Gasteiger partial charge in [-0.15, -0.1) is 0 Å². The maximum atomic E-state index is 4.05. The summed E-state index contributed by atoms with van der Waals surface area (Å²) in [5, 5.41) is 0. The first-order chi connectivity index (χ1) is 5.84. The second kappa shape index (κ2) is 5.04. The molecule has 1 aromatic rings. The summed E-state index contributed by atoms with van der Waals surface area (Å²) in [5.74, 6) is 1.16. The quantitative estimate of drug-likeness (QED) is 0.680. The van der Waals surface area contributed by atoms with Crippen LogP contribution in [0.25, 0.3) is 5.57 Å². The van der Waals surface area contributed by atoms with E-state index in [4.69, 9.17) is 0 Å². The molecule has 12 heavy (non-hydrogen) atoms. The topological polar surface area (TPSA) is 0 Å². The highest BCUT2D eigenvalue weighted by molar-refractivity contribution is 7.98. The van der Waals surface area contributed by atoms with Crippen molar-refractivity contribution in [3.05, 3.63) is 42.5 Å². The van der Waals surface area contributed by atoms with Crippen LogP contribution >= 0.6 is 11.8 Å². The summed E-state index contributed by atoms with van der Waals surface area (Å²) in [6, 6.07) is 10.4. The molecule has 0 unspecified atom stereocenters. The van der Waals surface area contributed by atoms with Gasteiger partial charge in [-0.25, -0.2) is 0 Å². The maximum Gasteiger partial charge on any atom is -0.00298 e. The van der Waals surface area contributed by atoms with Gasteiger partial charge in [0.05, 0.1) is 0 Å². The minimum atomic E-state index is 1.09. The molecular formula is C11H14S. The van der Waals surface area contributed by atoms with E-state index in [1.54, 1.807) is 0 Å². The van der Waals surface area contributed by atoms with E-state index in [9.17, 15) is 0 Å². The van der Waals surface area contributed by atoms with Crippen LogP contribution in [0.15, 0.2) is 36.9 Å². The van der Waals surface area contributed by atoms with Crippen molar-refractivity contribution in [3.63, 3.8) is 0 Å². The Bertz CT molecular complexity index is 238. The first kappa shape index (κ1) is 9.40. The summed E-state index contributed by atoms with van der Waals surface area (Å²) in [4.78, 5) is 0. The Labute approximate surface area is 78.7 Å². The minimum Gasteiger partial charge on any atom is -0.165 e. The van der Waals surface area contributed by atoms with Crippen LogP contribution < -0.4 is 0 Å². The molecule has 0 N–H and O–H groups in total. The minimum absolute atomic E-state index is 1.09. The summed E-state index contributed by atoms with van der Waals surface area (Å²) in [6.07, 6.45) is 3.21. The lowest BCUT2D eigenvalue weighted by molar-refractivity contribution is 1.27. The van der Waals surface area contributed by atoms with Crippen molar-refractivity contribution in [2.45, 2.75) is 6.42 Å². The van der Waals surface area contributed by atoms with Crippen LogP contribution in [0.5, 0.6) is 0 Å². The molecule has 0 bridgehead atoms. The molecule has 0 atom stereocenters. The number of rotatable bonds is 4. The van der Waals surface area contributed by atoms with Gasteiger partial charge >= 0.3 is 0 Å². The number of thioether (sulfide) groups is 1. The van der Waals surface area contributed by atoms with Crippen molar-refractivity contribution < 1.29 is 0 Å².